The van der Waals surface area contributed by atoms with E-state index in [0.717, 1.165) is 0 Å². The second kappa shape index (κ2) is 8.06. The Morgan fingerprint density at radius 1 is 1.08 bits per heavy atom. The number of carbonyl (C=O) groups excluding carboxylic acids is 2. The Morgan fingerprint density at radius 2 is 1.81 bits per heavy atom. The van der Waals surface area contributed by atoms with Crippen molar-refractivity contribution in [3.05, 3.63) is 69.5 Å². The lowest BCUT2D eigenvalue weighted by Gasteiger charge is -2.32. The second-order valence-corrected chi connectivity index (χ2v) is 7.02. The Bertz CT molecular complexity index is 836. The van der Waals surface area contributed by atoms with Crippen molar-refractivity contribution in [3.63, 3.8) is 0 Å². The highest BCUT2D eigenvalue weighted by Crippen LogP contribution is 2.23. The molecule has 1 heterocycles. The minimum absolute atomic E-state index is 0.0597. The van der Waals surface area contributed by atoms with Crippen LogP contribution in [0.4, 0.5) is 4.39 Å². The third-order valence-corrected chi connectivity index (χ3v) is 4.91. The lowest BCUT2D eigenvalue weighted by atomic mass is 10.0. The Labute approximate surface area is 160 Å². The molecule has 1 aliphatic rings. The van der Waals surface area contributed by atoms with E-state index in [-0.39, 0.29) is 23.4 Å². The van der Waals surface area contributed by atoms with Crippen LogP contribution in [0.25, 0.3) is 0 Å². The molecule has 0 aliphatic carbocycles. The first-order valence-corrected chi connectivity index (χ1v) is 9.00. The molecule has 0 radical (unpaired) electrons. The molecular weight excluding hydrogens is 378 g/mol. The summed E-state index contributed by atoms with van der Waals surface area (Å²) in [4.78, 5) is 26.5. The molecule has 7 heteroatoms. The van der Waals surface area contributed by atoms with Crippen molar-refractivity contribution in [1.82, 2.24) is 10.2 Å². The quantitative estimate of drug-likeness (QED) is 0.848. The van der Waals surface area contributed by atoms with Gasteiger partial charge < -0.3 is 10.2 Å². The summed E-state index contributed by atoms with van der Waals surface area (Å²) in [5.74, 6) is -0.908. The summed E-state index contributed by atoms with van der Waals surface area (Å²) in [5, 5.41) is 3.69. The molecule has 2 aromatic carbocycles. The first-order valence-electron chi connectivity index (χ1n) is 8.25. The van der Waals surface area contributed by atoms with Gasteiger partial charge in [0.05, 0.1) is 10.6 Å². The summed E-state index contributed by atoms with van der Waals surface area (Å²) in [6, 6.07) is 10.3. The lowest BCUT2D eigenvalue weighted by Crippen LogP contribution is -2.46. The molecule has 1 saturated heterocycles. The molecule has 2 aromatic rings. The van der Waals surface area contributed by atoms with Crippen LogP contribution in [0.3, 0.4) is 0 Å². The molecule has 26 heavy (non-hydrogen) atoms. The molecule has 3 rings (SSSR count). The van der Waals surface area contributed by atoms with Crippen molar-refractivity contribution in [2.24, 2.45) is 0 Å². The smallest absolute Gasteiger partial charge is 0.255 e. The number of likely N-dealkylation sites (tertiary alicyclic amines) is 1. The van der Waals surface area contributed by atoms with Crippen molar-refractivity contribution >= 4 is 35.0 Å². The predicted octanol–water partition coefficient (Wildman–Crippen LogP) is 4.17. The molecular formula is C19H17Cl2FN2O2. The highest BCUT2D eigenvalue weighted by atomic mass is 35.5. The molecule has 0 unspecified atom stereocenters. The topological polar surface area (TPSA) is 49.4 Å². The van der Waals surface area contributed by atoms with E-state index >= 15 is 0 Å². The lowest BCUT2D eigenvalue weighted by molar-refractivity contribution is 0.0698. The van der Waals surface area contributed by atoms with Gasteiger partial charge in [0.15, 0.2) is 0 Å². The predicted molar refractivity (Wildman–Crippen MR) is 99.3 cm³/mol. The van der Waals surface area contributed by atoms with Crippen molar-refractivity contribution < 1.29 is 14.0 Å². The summed E-state index contributed by atoms with van der Waals surface area (Å²) >= 11 is 12.0. The molecule has 1 fully saturated rings. The van der Waals surface area contributed by atoms with E-state index in [4.69, 9.17) is 23.2 Å². The molecule has 0 aromatic heterocycles. The molecule has 4 nitrogen and oxygen atoms in total. The van der Waals surface area contributed by atoms with Gasteiger partial charge in [0.25, 0.3) is 11.8 Å². The number of hydrogen-bond acceptors (Lipinski definition) is 2. The molecule has 136 valence electrons. The fraction of sp³-hybridized carbons (Fsp3) is 0.263. The van der Waals surface area contributed by atoms with E-state index in [0.29, 0.717) is 41.5 Å². The summed E-state index contributed by atoms with van der Waals surface area (Å²) in [6.45, 7) is 1.01. The van der Waals surface area contributed by atoms with Crippen LogP contribution in [0.15, 0.2) is 42.5 Å². The summed E-state index contributed by atoms with van der Waals surface area (Å²) in [5.41, 5.74) is 0.703. The third kappa shape index (κ3) is 4.34. The van der Waals surface area contributed by atoms with Crippen molar-refractivity contribution in [2.45, 2.75) is 18.9 Å². The highest BCUT2D eigenvalue weighted by molar-refractivity contribution is 6.36. The van der Waals surface area contributed by atoms with E-state index in [1.54, 1.807) is 29.2 Å². The van der Waals surface area contributed by atoms with Crippen LogP contribution < -0.4 is 5.32 Å². The molecule has 0 bridgehead atoms. The maximum absolute atomic E-state index is 13.2. The van der Waals surface area contributed by atoms with Gasteiger partial charge in [-0.3, -0.25) is 9.59 Å². The fourth-order valence-electron chi connectivity index (χ4n) is 2.96. The Kier molecular flexibility index (Phi) is 5.79. The molecule has 0 spiro atoms. The van der Waals surface area contributed by atoms with Gasteiger partial charge in [0, 0.05) is 29.7 Å². The van der Waals surface area contributed by atoms with Gasteiger partial charge >= 0.3 is 0 Å². The van der Waals surface area contributed by atoms with Gasteiger partial charge in [-0.05, 0) is 49.2 Å². The van der Waals surface area contributed by atoms with Crippen molar-refractivity contribution in [2.75, 3.05) is 13.1 Å². The summed E-state index contributed by atoms with van der Waals surface area (Å²) in [6.07, 6.45) is 1.25. The molecule has 0 atom stereocenters. The zero-order chi connectivity index (χ0) is 18.7. The number of benzene rings is 2. The SMILES string of the molecule is O=C(NC1CCN(C(=O)c2ccc(Cl)cc2Cl)CC1)c1cccc(F)c1. The number of carbonyl (C=O) groups is 2. The number of rotatable bonds is 3. The van der Waals surface area contributed by atoms with Gasteiger partial charge in [0.2, 0.25) is 0 Å². The van der Waals surface area contributed by atoms with Gasteiger partial charge in [0.1, 0.15) is 5.82 Å². The Hall–Kier alpha value is -2.11. The number of hydrogen-bond donors (Lipinski definition) is 1. The van der Waals surface area contributed by atoms with E-state index < -0.39 is 5.82 Å². The van der Waals surface area contributed by atoms with Crippen molar-refractivity contribution in [3.8, 4) is 0 Å². The molecule has 0 saturated carbocycles. The molecule has 1 aliphatic heterocycles. The summed E-state index contributed by atoms with van der Waals surface area (Å²) < 4.78 is 13.2. The highest BCUT2D eigenvalue weighted by Gasteiger charge is 2.26. The van der Waals surface area contributed by atoms with E-state index in [9.17, 15) is 14.0 Å². The Balaban J connectivity index is 1.57. The van der Waals surface area contributed by atoms with Crippen LogP contribution >= 0.6 is 23.2 Å². The minimum atomic E-state index is -0.446. The number of piperidine rings is 1. The number of nitrogens with one attached hydrogen (secondary N) is 1. The van der Waals surface area contributed by atoms with Gasteiger partial charge in [-0.15, -0.1) is 0 Å². The molecule has 1 N–H and O–H groups in total. The van der Waals surface area contributed by atoms with Crippen LogP contribution in [0, 0.1) is 5.82 Å². The minimum Gasteiger partial charge on any atom is -0.349 e. The largest absolute Gasteiger partial charge is 0.349 e. The van der Waals surface area contributed by atoms with E-state index in [1.165, 1.54) is 18.2 Å². The van der Waals surface area contributed by atoms with Gasteiger partial charge in [-0.1, -0.05) is 29.3 Å². The maximum atomic E-state index is 13.2. The molecule has 2 amide bonds. The van der Waals surface area contributed by atoms with E-state index in [2.05, 4.69) is 5.32 Å². The van der Waals surface area contributed by atoms with Crippen LogP contribution in [0.5, 0.6) is 0 Å². The standard InChI is InChI=1S/C19H17Cl2FN2O2/c20-13-4-5-16(17(21)11-13)19(26)24-8-6-15(7-9-24)23-18(25)12-2-1-3-14(22)10-12/h1-5,10-11,15H,6-9H2,(H,23,25). The van der Waals surface area contributed by atoms with Crippen LogP contribution in [-0.2, 0) is 0 Å². The monoisotopic (exact) mass is 394 g/mol. The first-order chi connectivity index (χ1) is 12.4. The number of halogens is 3. The van der Waals surface area contributed by atoms with Gasteiger partial charge in [-0.25, -0.2) is 4.39 Å². The zero-order valence-corrected chi connectivity index (χ0v) is 15.4. The van der Waals surface area contributed by atoms with Crippen LogP contribution in [0.1, 0.15) is 33.6 Å². The maximum Gasteiger partial charge on any atom is 0.255 e. The Morgan fingerprint density at radius 3 is 2.46 bits per heavy atom. The van der Waals surface area contributed by atoms with E-state index in [1.807, 2.05) is 0 Å². The zero-order valence-electron chi connectivity index (χ0n) is 13.8. The van der Waals surface area contributed by atoms with Crippen LogP contribution in [0.2, 0.25) is 10.0 Å². The van der Waals surface area contributed by atoms with Crippen LogP contribution in [-0.4, -0.2) is 35.8 Å². The van der Waals surface area contributed by atoms with Gasteiger partial charge in [-0.2, -0.15) is 0 Å². The van der Waals surface area contributed by atoms with Crippen molar-refractivity contribution in [1.29, 1.82) is 0 Å². The second-order valence-electron chi connectivity index (χ2n) is 6.17. The normalized spacial score (nSPS) is 15.0. The average Bonchev–Trinajstić information content (AvgIpc) is 2.62. The average molecular weight is 395 g/mol. The first kappa shape index (κ1) is 18.7. The fourth-order valence-corrected chi connectivity index (χ4v) is 3.45. The number of nitrogens with zero attached hydrogens (tertiary/aromatic N) is 1. The summed E-state index contributed by atoms with van der Waals surface area (Å²) in [7, 11) is 0. The number of amides is 2. The third-order valence-electron chi connectivity index (χ3n) is 4.37.